The lowest BCUT2D eigenvalue weighted by Gasteiger charge is -2.24. The van der Waals surface area contributed by atoms with Gasteiger partial charge in [0.2, 0.25) is 5.91 Å². The van der Waals surface area contributed by atoms with Gasteiger partial charge in [-0.3, -0.25) is 9.48 Å². The molecule has 3 heterocycles. The summed E-state index contributed by atoms with van der Waals surface area (Å²) in [7, 11) is 1.92. The number of rotatable bonds is 5. The van der Waals surface area contributed by atoms with Crippen LogP contribution in [0.5, 0.6) is 0 Å². The summed E-state index contributed by atoms with van der Waals surface area (Å²) in [6, 6.07) is 8.54. The van der Waals surface area contributed by atoms with Crippen LogP contribution in [0.25, 0.3) is 10.9 Å². The molecule has 0 radical (unpaired) electrons. The molecule has 25 heavy (non-hydrogen) atoms. The number of nitrogens with zero attached hydrogens (tertiary/aromatic N) is 3. The van der Waals surface area contributed by atoms with Crippen molar-refractivity contribution < 1.29 is 4.79 Å². The molecule has 130 valence electrons. The summed E-state index contributed by atoms with van der Waals surface area (Å²) in [6.07, 6.45) is 10.5. The molecule has 3 aromatic rings. The Morgan fingerprint density at radius 1 is 1.36 bits per heavy atom. The molecular weight excluding hydrogens is 312 g/mol. The number of fused-ring (bicyclic) bond motifs is 1. The molecule has 4 rings (SSSR count). The van der Waals surface area contributed by atoms with Crippen LogP contribution in [0.1, 0.15) is 42.9 Å². The van der Waals surface area contributed by atoms with E-state index in [0.29, 0.717) is 6.42 Å². The Kier molecular flexibility index (Phi) is 4.30. The molecule has 0 bridgehead atoms. The standard InChI is InChI=1S/C20H24N4O/c1-23-14-16(13-22-23)19-9-5-11-24(19)20(25)10-4-6-15-12-21-18-8-3-2-7-17(15)18/h2-3,7-8,12-14,19,21H,4-6,9-11H2,1H3/t19-/m0/s1. The van der Waals surface area contributed by atoms with Crippen molar-refractivity contribution in [3.05, 3.63) is 54.0 Å². The Labute approximate surface area is 147 Å². The monoisotopic (exact) mass is 336 g/mol. The van der Waals surface area contributed by atoms with Gasteiger partial charge in [-0.15, -0.1) is 0 Å². The second-order valence-electron chi connectivity index (χ2n) is 6.91. The van der Waals surface area contributed by atoms with E-state index >= 15 is 0 Å². The van der Waals surface area contributed by atoms with E-state index in [1.165, 1.54) is 16.5 Å². The van der Waals surface area contributed by atoms with Gasteiger partial charge in [0.05, 0.1) is 12.2 Å². The maximum absolute atomic E-state index is 12.7. The smallest absolute Gasteiger partial charge is 0.223 e. The second kappa shape index (κ2) is 6.75. The molecule has 0 saturated carbocycles. The number of hydrogen-bond acceptors (Lipinski definition) is 2. The number of carbonyl (C=O) groups excluding carboxylic acids is 1. The number of carbonyl (C=O) groups is 1. The van der Waals surface area contributed by atoms with Crippen LogP contribution in [0.4, 0.5) is 0 Å². The second-order valence-corrected chi connectivity index (χ2v) is 6.91. The van der Waals surface area contributed by atoms with E-state index in [4.69, 9.17) is 0 Å². The molecule has 2 aromatic heterocycles. The van der Waals surface area contributed by atoms with Gasteiger partial charge < -0.3 is 9.88 Å². The van der Waals surface area contributed by atoms with Gasteiger partial charge in [-0.1, -0.05) is 18.2 Å². The van der Waals surface area contributed by atoms with Crippen LogP contribution in [-0.4, -0.2) is 32.1 Å². The third kappa shape index (κ3) is 3.18. The fourth-order valence-electron chi connectivity index (χ4n) is 3.94. The highest BCUT2D eigenvalue weighted by Crippen LogP contribution is 2.32. The summed E-state index contributed by atoms with van der Waals surface area (Å²) in [5, 5.41) is 5.52. The Bertz CT molecular complexity index is 879. The van der Waals surface area contributed by atoms with Crippen LogP contribution in [0.15, 0.2) is 42.9 Å². The number of benzene rings is 1. The minimum Gasteiger partial charge on any atom is -0.361 e. The number of amides is 1. The van der Waals surface area contributed by atoms with Crippen molar-refractivity contribution in [2.24, 2.45) is 7.05 Å². The van der Waals surface area contributed by atoms with Gasteiger partial charge in [-0.05, 0) is 37.3 Å². The van der Waals surface area contributed by atoms with Crippen molar-refractivity contribution in [3.63, 3.8) is 0 Å². The molecule has 0 unspecified atom stereocenters. The van der Waals surface area contributed by atoms with Crippen LogP contribution in [0, 0.1) is 0 Å². The minimum atomic E-state index is 0.203. The van der Waals surface area contributed by atoms with Crippen molar-refractivity contribution in [1.29, 1.82) is 0 Å². The number of para-hydroxylation sites is 1. The third-order valence-electron chi connectivity index (χ3n) is 5.19. The van der Waals surface area contributed by atoms with Crippen LogP contribution in [0.3, 0.4) is 0 Å². The lowest BCUT2D eigenvalue weighted by Crippen LogP contribution is -2.30. The average molecular weight is 336 g/mol. The first-order valence-corrected chi connectivity index (χ1v) is 9.05. The van der Waals surface area contributed by atoms with Crippen molar-refractivity contribution in [2.45, 2.75) is 38.1 Å². The fraction of sp³-hybridized carbons (Fsp3) is 0.400. The van der Waals surface area contributed by atoms with Gasteiger partial charge in [-0.2, -0.15) is 5.10 Å². The van der Waals surface area contributed by atoms with Gasteiger partial charge >= 0.3 is 0 Å². The van der Waals surface area contributed by atoms with Crippen LogP contribution in [0.2, 0.25) is 0 Å². The molecule has 1 amide bonds. The molecule has 5 heteroatoms. The van der Waals surface area contributed by atoms with E-state index in [0.717, 1.165) is 37.8 Å². The topological polar surface area (TPSA) is 53.9 Å². The van der Waals surface area contributed by atoms with E-state index in [-0.39, 0.29) is 11.9 Å². The molecule has 1 aromatic carbocycles. The number of aromatic nitrogens is 3. The molecular formula is C20H24N4O. The molecule has 1 aliphatic heterocycles. The number of H-pyrrole nitrogens is 1. The molecule has 1 fully saturated rings. The van der Waals surface area contributed by atoms with Crippen LogP contribution in [-0.2, 0) is 18.3 Å². The summed E-state index contributed by atoms with van der Waals surface area (Å²) < 4.78 is 1.81. The Balaban J connectivity index is 1.37. The number of aromatic amines is 1. The van der Waals surface area contributed by atoms with E-state index in [1.807, 2.05) is 35.1 Å². The average Bonchev–Trinajstić information content (AvgIpc) is 3.34. The zero-order chi connectivity index (χ0) is 17.2. The highest BCUT2D eigenvalue weighted by molar-refractivity contribution is 5.83. The highest BCUT2D eigenvalue weighted by Gasteiger charge is 2.30. The highest BCUT2D eigenvalue weighted by atomic mass is 16.2. The van der Waals surface area contributed by atoms with E-state index in [1.54, 1.807) is 0 Å². The molecule has 1 saturated heterocycles. The van der Waals surface area contributed by atoms with Gasteiger partial charge in [0, 0.05) is 48.9 Å². The number of aryl methyl sites for hydroxylation is 2. The van der Waals surface area contributed by atoms with Gasteiger partial charge in [0.15, 0.2) is 0 Å². The largest absolute Gasteiger partial charge is 0.361 e. The molecule has 1 N–H and O–H groups in total. The van der Waals surface area contributed by atoms with E-state index in [2.05, 4.69) is 34.5 Å². The third-order valence-corrected chi connectivity index (χ3v) is 5.19. The number of hydrogen-bond donors (Lipinski definition) is 1. The van der Waals surface area contributed by atoms with Crippen LogP contribution >= 0.6 is 0 Å². The molecule has 0 spiro atoms. The summed E-state index contributed by atoms with van der Waals surface area (Å²) in [4.78, 5) is 18.1. The fourth-order valence-corrected chi connectivity index (χ4v) is 3.94. The van der Waals surface area contributed by atoms with Gasteiger partial charge in [-0.25, -0.2) is 0 Å². The summed E-state index contributed by atoms with van der Waals surface area (Å²) >= 11 is 0. The molecule has 1 atom stereocenters. The van der Waals surface area contributed by atoms with E-state index < -0.39 is 0 Å². The Morgan fingerprint density at radius 3 is 3.08 bits per heavy atom. The maximum atomic E-state index is 12.7. The summed E-state index contributed by atoms with van der Waals surface area (Å²) in [5.74, 6) is 0.270. The normalized spacial score (nSPS) is 17.5. The number of nitrogens with one attached hydrogen (secondary N) is 1. The predicted octanol–water partition coefficient (Wildman–Crippen LogP) is 3.59. The quantitative estimate of drug-likeness (QED) is 0.774. The van der Waals surface area contributed by atoms with Crippen molar-refractivity contribution >= 4 is 16.8 Å². The lowest BCUT2D eigenvalue weighted by atomic mass is 10.1. The van der Waals surface area contributed by atoms with Crippen LogP contribution < -0.4 is 0 Å². The number of likely N-dealkylation sites (tertiary alicyclic amines) is 1. The summed E-state index contributed by atoms with van der Waals surface area (Å²) in [6.45, 7) is 0.867. The van der Waals surface area contributed by atoms with Crippen molar-refractivity contribution in [2.75, 3.05) is 6.54 Å². The predicted molar refractivity (Wildman–Crippen MR) is 98.1 cm³/mol. The minimum absolute atomic E-state index is 0.203. The van der Waals surface area contributed by atoms with Crippen molar-refractivity contribution in [1.82, 2.24) is 19.7 Å². The first kappa shape index (κ1) is 15.9. The first-order chi connectivity index (χ1) is 12.2. The van der Waals surface area contributed by atoms with Gasteiger partial charge in [0.25, 0.3) is 0 Å². The molecule has 0 aliphatic carbocycles. The Hall–Kier alpha value is -2.56. The molecule has 5 nitrogen and oxygen atoms in total. The zero-order valence-electron chi connectivity index (χ0n) is 14.6. The maximum Gasteiger partial charge on any atom is 0.223 e. The molecule has 1 aliphatic rings. The zero-order valence-corrected chi connectivity index (χ0v) is 14.6. The van der Waals surface area contributed by atoms with Gasteiger partial charge in [0.1, 0.15) is 0 Å². The SMILES string of the molecule is Cn1cc([C@@H]2CCCN2C(=O)CCCc2c[nH]c3ccccc23)cn1. The van der Waals surface area contributed by atoms with Crippen molar-refractivity contribution in [3.8, 4) is 0 Å². The van der Waals surface area contributed by atoms with E-state index in [9.17, 15) is 4.79 Å². The first-order valence-electron chi connectivity index (χ1n) is 9.05. The Morgan fingerprint density at radius 2 is 2.24 bits per heavy atom. The summed E-state index contributed by atoms with van der Waals surface area (Å²) in [5.41, 5.74) is 3.62. The lowest BCUT2D eigenvalue weighted by molar-refractivity contribution is -0.132.